The van der Waals surface area contributed by atoms with E-state index in [1.165, 1.54) is 29.7 Å². The first-order chi connectivity index (χ1) is 15.3. The molecule has 5 nitrogen and oxygen atoms in total. The molecule has 2 aliphatic rings. The van der Waals surface area contributed by atoms with E-state index in [9.17, 15) is 0 Å². The highest BCUT2D eigenvalue weighted by atomic mass is 15.1. The highest BCUT2D eigenvalue weighted by Crippen LogP contribution is 2.37. The van der Waals surface area contributed by atoms with Crippen molar-refractivity contribution < 1.29 is 0 Å². The average Bonchev–Trinajstić information content (AvgIpc) is 3.64. The number of nitrogens with one attached hydrogen (secondary N) is 3. The first-order valence-corrected chi connectivity index (χ1v) is 11.2. The fraction of sp³-hybridized carbons (Fsp3) is 0.308. The molecule has 3 aromatic rings. The monoisotopic (exact) mass is 411 g/mol. The highest BCUT2D eigenvalue weighted by molar-refractivity contribution is 5.90. The molecule has 1 aliphatic carbocycles. The predicted octanol–water partition coefficient (Wildman–Crippen LogP) is 5.26. The molecule has 5 heteroatoms. The lowest BCUT2D eigenvalue weighted by atomic mass is 10.1. The van der Waals surface area contributed by atoms with E-state index < -0.39 is 0 Å². The van der Waals surface area contributed by atoms with Crippen molar-refractivity contribution in [1.82, 2.24) is 15.3 Å². The molecule has 5 rings (SSSR count). The van der Waals surface area contributed by atoms with Crippen LogP contribution in [0.25, 0.3) is 10.9 Å². The molecule has 1 fully saturated rings. The largest absolute Gasteiger partial charge is 0.384 e. The highest BCUT2D eigenvalue weighted by Gasteiger charge is 2.28. The molecule has 31 heavy (non-hydrogen) atoms. The number of para-hydroxylation sites is 1. The van der Waals surface area contributed by atoms with Gasteiger partial charge < -0.3 is 16.0 Å². The van der Waals surface area contributed by atoms with Crippen LogP contribution in [0.4, 0.5) is 11.8 Å². The lowest BCUT2D eigenvalue weighted by molar-refractivity contribution is 0.762. The molecule has 1 aromatic heterocycles. The van der Waals surface area contributed by atoms with Crippen molar-refractivity contribution in [2.24, 2.45) is 5.92 Å². The Morgan fingerprint density at radius 1 is 1.00 bits per heavy atom. The zero-order chi connectivity index (χ0) is 21.0. The lowest BCUT2D eigenvalue weighted by Crippen LogP contribution is -2.24. The number of benzene rings is 2. The van der Waals surface area contributed by atoms with Crippen LogP contribution in [0.5, 0.6) is 0 Å². The summed E-state index contributed by atoms with van der Waals surface area (Å²) in [6, 6.07) is 18.8. The molecule has 1 aliphatic heterocycles. The number of allylic oxidation sites excluding steroid dienone is 2. The molecular weight excluding hydrogens is 382 g/mol. The van der Waals surface area contributed by atoms with Gasteiger partial charge in [0.05, 0.1) is 5.52 Å². The summed E-state index contributed by atoms with van der Waals surface area (Å²) < 4.78 is 0. The van der Waals surface area contributed by atoms with E-state index in [1.807, 2.05) is 18.2 Å². The molecule has 0 radical (unpaired) electrons. The number of rotatable bonds is 8. The summed E-state index contributed by atoms with van der Waals surface area (Å²) in [7, 11) is 0. The van der Waals surface area contributed by atoms with Crippen LogP contribution in [0.2, 0.25) is 0 Å². The molecule has 0 unspecified atom stereocenters. The fourth-order valence-corrected chi connectivity index (χ4v) is 3.97. The number of hydrogen-bond donors (Lipinski definition) is 3. The quantitative estimate of drug-likeness (QED) is 0.442. The minimum Gasteiger partial charge on any atom is -0.384 e. The Bertz CT molecular complexity index is 1130. The van der Waals surface area contributed by atoms with Crippen LogP contribution >= 0.6 is 0 Å². The summed E-state index contributed by atoms with van der Waals surface area (Å²) in [6.45, 7) is 3.89. The van der Waals surface area contributed by atoms with Gasteiger partial charge in [-0.3, -0.25) is 0 Å². The Hall–Kier alpha value is -3.34. The van der Waals surface area contributed by atoms with Crippen molar-refractivity contribution in [3.05, 3.63) is 83.2 Å². The second-order valence-electron chi connectivity index (χ2n) is 8.48. The Labute approximate surface area is 183 Å². The zero-order valence-electron chi connectivity index (χ0n) is 18.0. The summed E-state index contributed by atoms with van der Waals surface area (Å²) in [5.74, 6) is 2.24. The molecule has 1 saturated carbocycles. The van der Waals surface area contributed by atoms with E-state index in [-0.39, 0.29) is 0 Å². The molecular formula is C26H29N5. The van der Waals surface area contributed by atoms with E-state index in [1.54, 1.807) is 0 Å². The van der Waals surface area contributed by atoms with E-state index in [2.05, 4.69) is 65.3 Å². The molecule has 0 bridgehead atoms. The van der Waals surface area contributed by atoms with Crippen molar-refractivity contribution in [2.75, 3.05) is 23.7 Å². The molecule has 0 spiro atoms. The molecule has 0 atom stereocenters. The molecule has 2 heterocycles. The normalized spacial score (nSPS) is 16.1. The lowest BCUT2D eigenvalue weighted by Gasteiger charge is -2.21. The molecule has 2 aromatic carbocycles. The average molecular weight is 412 g/mol. The summed E-state index contributed by atoms with van der Waals surface area (Å²) >= 11 is 0. The van der Waals surface area contributed by atoms with Crippen LogP contribution in [-0.4, -0.2) is 23.1 Å². The number of nitrogens with zero attached hydrogens (tertiary/aromatic N) is 2. The van der Waals surface area contributed by atoms with Gasteiger partial charge in [0.1, 0.15) is 5.82 Å². The topological polar surface area (TPSA) is 61.9 Å². The number of anilines is 2. The van der Waals surface area contributed by atoms with Gasteiger partial charge in [-0.15, -0.1) is 0 Å². The summed E-state index contributed by atoms with van der Waals surface area (Å²) in [6.07, 6.45) is 6.92. The summed E-state index contributed by atoms with van der Waals surface area (Å²) in [4.78, 5) is 9.58. The standard InChI is InChI=1S/C26H29N5/c1-18-17-28-24(20-13-14-20)16-23(18)29-25-21-11-5-6-12-22(21)30-26(31-25)27-15-7-10-19-8-3-2-4-9-19/h2-6,8-9,11-12,16,20,28H,7,10,13-15,17H2,1H3,(H2,27,29,30,31). The van der Waals surface area contributed by atoms with E-state index in [0.717, 1.165) is 48.3 Å². The molecule has 158 valence electrons. The Morgan fingerprint density at radius 3 is 2.65 bits per heavy atom. The number of dihydropyridines is 1. The van der Waals surface area contributed by atoms with Crippen molar-refractivity contribution in [3.8, 4) is 0 Å². The molecule has 0 amide bonds. The van der Waals surface area contributed by atoms with Crippen LogP contribution in [0.15, 0.2) is 77.6 Å². The minimum atomic E-state index is 0.674. The van der Waals surface area contributed by atoms with Crippen molar-refractivity contribution >= 4 is 22.7 Å². The van der Waals surface area contributed by atoms with Gasteiger partial charge in [0, 0.05) is 29.9 Å². The second-order valence-corrected chi connectivity index (χ2v) is 8.48. The molecule has 0 saturated heterocycles. The number of aromatic nitrogens is 2. The van der Waals surface area contributed by atoms with Crippen LogP contribution in [0, 0.1) is 5.92 Å². The van der Waals surface area contributed by atoms with Crippen molar-refractivity contribution in [3.63, 3.8) is 0 Å². The number of aryl methyl sites for hydroxylation is 1. The third-order valence-electron chi connectivity index (χ3n) is 5.96. The summed E-state index contributed by atoms with van der Waals surface area (Å²) in [5, 5.41) is 11.6. The molecule has 3 N–H and O–H groups in total. The minimum absolute atomic E-state index is 0.674. The maximum atomic E-state index is 4.84. The van der Waals surface area contributed by atoms with Gasteiger partial charge in [0.25, 0.3) is 0 Å². The zero-order valence-corrected chi connectivity index (χ0v) is 18.0. The second kappa shape index (κ2) is 8.80. The van der Waals surface area contributed by atoms with Crippen LogP contribution < -0.4 is 16.0 Å². The van der Waals surface area contributed by atoms with Crippen LogP contribution in [0.3, 0.4) is 0 Å². The van der Waals surface area contributed by atoms with Gasteiger partial charge in [-0.1, -0.05) is 42.5 Å². The van der Waals surface area contributed by atoms with Gasteiger partial charge in [-0.25, -0.2) is 4.98 Å². The Morgan fingerprint density at radius 2 is 1.81 bits per heavy atom. The first-order valence-electron chi connectivity index (χ1n) is 11.2. The SMILES string of the molecule is CC1=C(Nc2nc(NCCCc3ccccc3)nc3ccccc23)C=C(C2CC2)NC1. The smallest absolute Gasteiger partial charge is 0.225 e. The summed E-state index contributed by atoms with van der Waals surface area (Å²) in [5.41, 5.74) is 6.11. The Balaban J connectivity index is 1.34. The van der Waals surface area contributed by atoms with E-state index in [4.69, 9.17) is 9.97 Å². The van der Waals surface area contributed by atoms with Gasteiger partial charge in [-0.2, -0.15) is 4.98 Å². The van der Waals surface area contributed by atoms with Gasteiger partial charge in [0.15, 0.2) is 0 Å². The van der Waals surface area contributed by atoms with Gasteiger partial charge >= 0.3 is 0 Å². The fourth-order valence-electron chi connectivity index (χ4n) is 3.97. The van der Waals surface area contributed by atoms with Crippen molar-refractivity contribution in [2.45, 2.75) is 32.6 Å². The van der Waals surface area contributed by atoms with E-state index >= 15 is 0 Å². The maximum absolute atomic E-state index is 4.84. The third-order valence-corrected chi connectivity index (χ3v) is 5.96. The first kappa shape index (κ1) is 19.6. The van der Waals surface area contributed by atoms with Crippen molar-refractivity contribution in [1.29, 1.82) is 0 Å². The van der Waals surface area contributed by atoms with Crippen LogP contribution in [0.1, 0.15) is 31.7 Å². The van der Waals surface area contributed by atoms with Crippen LogP contribution in [-0.2, 0) is 6.42 Å². The number of fused-ring (bicyclic) bond motifs is 1. The predicted molar refractivity (Wildman–Crippen MR) is 128 cm³/mol. The number of hydrogen-bond acceptors (Lipinski definition) is 5. The van der Waals surface area contributed by atoms with E-state index in [0.29, 0.717) is 11.9 Å². The third kappa shape index (κ3) is 4.71. The Kier molecular flexibility index (Phi) is 5.57. The van der Waals surface area contributed by atoms with Gasteiger partial charge in [0.2, 0.25) is 5.95 Å². The maximum Gasteiger partial charge on any atom is 0.225 e. The van der Waals surface area contributed by atoms with Gasteiger partial charge in [-0.05, 0) is 67.9 Å².